The van der Waals surface area contributed by atoms with Crippen molar-refractivity contribution in [2.75, 3.05) is 0 Å². The zero-order valence-electron chi connectivity index (χ0n) is 7.73. The number of rotatable bonds is 2. The van der Waals surface area contributed by atoms with Gasteiger partial charge in [-0.2, -0.15) is 0 Å². The lowest BCUT2D eigenvalue weighted by atomic mass is 9.92. The molecular weight excluding hydrogens is 180 g/mol. The number of aliphatic carboxylic acids is 1. The van der Waals surface area contributed by atoms with Crippen LogP contribution in [0.25, 0.3) is 0 Å². The van der Waals surface area contributed by atoms with Gasteiger partial charge in [0, 0.05) is 0 Å². The van der Waals surface area contributed by atoms with Crippen LogP contribution >= 0.6 is 0 Å². The Morgan fingerprint density at radius 2 is 2.14 bits per heavy atom. The van der Waals surface area contributed by atoms with Crippen LogP contribution in [0.2, 0.25) is 0 Å². The molecule has 0 spiro atoms. The number of aryl methyl sites for hydroxylation is 1. The van der Waals surface area contributed by atoms with Gasteiger partial charge in [-0.25, -0.2) is 0 Å². The van der Waals surface area contributed by atoms with Crippen molar-refractivity contribution < 1.29 is 15.0 Å². The standard InChI is InChI=1S/C11H12O3/c12-10(13)7-11(14)6-5-8-3-1-2-4-9(8)11/h1-4,14H,5-7H2,(H,12,13). The molecule has 1 unspecified atom stereocenters. The summed E-state index contributed by atoms with van der Waals surface area (Å²) in [4.78, 5) is 10.6. The molecule has 0 bridgehead atoms. The SMILES string of the molecule is O=C(O)CC1(O)CCc2ccccc21. The van der Waals surface area contributed by atoms with Gasteiger partial charge in [0.1, 0.15) is 5.60 Å². The van der Waals surface area contributed by atoms with Crippen LogP contribution in [0, 0.1) is 0 Å². The third-order valence-corrected chi connectivity index (χ3v) is 2.77. The molecule has 1 aromatic rings. The molecule has 0 amide bonds. The summed E-state index contributed by atoms with van der Waals surface area (Å²) in [5.41, 5.74) is 0.696. The lowest BCUT2D eigenvalue weighted by Gasteiger charge is -2.21. The molecule has 2 rings (SSSR count). The van der Waals surface area contributed by atoms with Crippen molar-refractivity contribution in [2.45, 2.75) is 24.9 Å². The molecule has 2 N–H and O–H groups in total. The Morgan fingerprint density at radius 3 is 2.86 bits per heavy atom. The maximum Gasteiger partial charge on any atom is 0.306 e. The average molecular weight is 192 g/mol. The molecular formula is C11H12O3. The lowest BCUT2D eigenvalue weighted by molar-refractivity contribution is -0.142. The van der Waals surface area contributed by atoms with E-state index in [1.54, 1.807) is 0 Å². The number of hydrogen-bond donors (Lipinski definition) is 2. The molecule has 3 nitrogen and oxygen atoms in total. The van der Waals surface area contributed by atoms with Crippen molar-refractivity contribution in [3.63, 3.8) is 0 Å². The Labute approximate surface area is 82.0 Å². The summed E-state index contributed by atoms with van der Waals surface area (Å²) in [5.74, 6) is -0.954. The summed E-state index contributed by atoms with van der Waals surface area (Å²) in [6, 6.07) is 7.49. The van der Waals surface area contributed by atoms with Crippen LogP contribution in [0.4, 0.5) is 0 Å². The van der Waals surface area contributed by atoms with E-state index < -0.39 is 11.6 Å². The topological polar surface area (TPSA) is 57.5 Å². The Bertz CT molecular complexity index is 373. The highest BCUT2D eigenvalue weighted by atomic mass is 16.4. The van der Waals surface area contributed by atoms with Gasteiger partial charge in [0.25, 0.3) is 0 Å². The fraction of sp³-hybridized carbons (Fsp3) is 0.364. The summed E-state index contributed by atoms with van der Waals surface area (Å²) >= 11 is 0. The van der Waals surface area contributed by atoms with Crippen LogP contribution in [0.3, 0.4) is 0 Å². The molecule has 3 heteroatoms. The minimum absolute atomic E-state index is 0.204. The average Bonchev–Trinajstić information content (AvgIpc) is 2.44. The molecule has 1 aromatic carbocycles. The molecule has 1 aliphatic rings. The monoisotopic (exact) mass is 192 g/mol. The Balaban J connectivity index is 2.37. The smallest absolute Gasteiger partial charge is 0.306 e. The summed E-state index contributed by atoms with van der Waals surface area (Å²) < 4.78 is 0. The maximum absolute atomic E-state index is 10.6. The van der Waals surface area contributed by atoms with Gasteiger partial charge in [-0.1, -0.05) is 24.3 Å². The van der Waals surface area contributed by atoms with Gasteiger partial charge in [0.2, 0.25) is 0 Å². The van der Waals surface area contributed by atoms with Crippen molar-refractivity contribution in [1.82, 2.24) is 0 Å². The van der Waals surface area contributed by atoms with E-state index in [4.69, 9.17) is 5.11 Å². The van der Waals surface area contributed by atoms with E-state index in [0.29, 0.717) is 6.42 Å². The van der Waals surface area contributed by atoms with Gasteiger partial charge < -0.3 is 10.2 Å². The third-order valence-electron chi connectivity index (χ3n) is 2.77. The van der Waals surface area contributed by atoms with Gasteiger partial charge in [-0.05, 0) is 24.0 Å². The number of hydrogen-bond acceptors (Lipinski definition) is 2. The fourth-order valence-electron chi connectivity index (χ4n) is 2.10. The Hall–Kier alpha value is -1.35. The van der Waals surface area contributed by atoms with Crippen LogP contribution in [-0.4, -0.2) is 16.2 Å². The first-order chi connectivity index (χ1) is 6.62. The number of carbonyl (C=O) groups is 1. The molecule has 1 atom stereocenters. The second-order valence-corrected chi connectivity index (χ2v) is 3.76. The summed E-state index contributed by atoms with van der Waals surface area (Å²) in [6.07, 6.45) is 1.07. The molecule has 1 aliphatic carbocycles. The van der Waals surface area contributed by atoms with Gasteiger partial charge in [-0.3, -0.25) is 4.79 Å². The highest BCUT2D eigenvalue weighted by Gasteiger charge is 2.38. The van der Waals surface area contributed by atoms with E-state index in [9.17, 15) is 9.90 Å². The highest BCUT2D eigenvalue weighted by Crippen LogP contribution is 2.38. The van der Waals surface area contributed by atoms with Crippen molar-refractivity contribution in [3.05, 3.63) is 35.4 Å². The van der Waals surface area contributed by atoms with Crippen LogP contribution < -0.4 is 0 Å². The van der Waals surface area contributed by atoms with Crippen LogP contribution in [-0.2, 0) is 16.8 Å². The van der Waals surface area contributed by atoms with E-state index in [1.807, 2.05) is 24.3 Å². The Morgan fingerprint density at radius 1 is 1.43 bits per heavy atom. The zero-order valence-corrected chi connectivity index (χ0v) is 7.73. The first-order valence-corrected chi connectivity index (χ1v) is 4.64. The maximum atomic E-state index is 10.6. The molecule has 0 aromatic heterocycles. The van der Waals surface area contributed by atoms with Crippen molar-refractivity contribution >= 4 is 5.97 Å². The zero-order chi connectivity index (χ0) is 10.2. The first-order valence-electron chi connectivity index (χ1n) is 4.64. The Kier molecular flexibility index (Phi) is 2.04. The normalized spacial score (nSPS) is 24.6. The van der Waals surface area contributed by atoms with Gasteiger partial charge in [0.15, 0.2) is 0 Å². The highest BCUT2D eigenvalue weighted by molar-refractivity contribution is 5.69. The second-order valence-electron chi connectivity index (χ2n) is 3.76. The van der Waals surface area contributed by atoms with Crippen LogP contribution in [0.1, 0.15) is 24.0 Å². The molecule has 0 saturated heterocycles. The van der Waals surface area contributed by atoms with Crippen molar-refractivity contribution in [1.29, 1.82) is 0 Å². The fourth-order valence-corrected chi connectivity index (χ4v) is 2.10. The van der Waals surface area contributed by atoms with Gasteiger partial charge in [0.05, 0.1) is 6.42 Å². The molecule has 0 aliphatic heterocycles. The number of benzene rings is 1. The third kappa shape index (κ3) is 1.40. The number of aliphatic hydroxyl groups is 1. The van der Waals surface area contributed by atoms with Gasteiger partial charge >= 0.3 is 5.97 Å². The molecule has 0 saturated carbocycles. The molecule has 74 valence electrons. The van der Waals surface area contributed by atoms with Crippen molar-refractivity contribution in [2.24, 2.45) is 0 Å². The predicted molar refractivity (Wildman–Crippen MR) is 50.9 cm³/mol. The van der Waals surface area contributed by atoms with Gasteiger partial charge in [-0.15, -0.1) is 0 Å². The van der Waals surface area contributed by atoms with Crippen molar-refractivity contribution in [3.8, 4) is 0 Å². The van der Waals surface area contributed by atoms with E-state index >= 15 is 0 Å². The molecule has 14 heavy (non-hydrogen) atoms. The number of carboxylic acid groups (broad SMARTS) is 1. The van der Waals surface area contributed by atoms with E-state index in [0.717, 1.165) is 17.5 Å². The quantitative estimate of drug-likeness (QED) is 0.742. The summed E-state index contributed by atoms with van der Waals surface area (Å²) in [6.45, 7) is 0. The van der Waals surface area contributed by atoms with E-state index in [2.05, 4.69) is 0 Å². The minimum atomic E-state index is -1.15. The van der Waals surface area contributed by atoms with E-state index in [1.165, 1.54) is 0 Å². The van der Waals surface area contributed by atoms with E-state index in [-0.39, 0.29) is 6.42 Å². The number of carboxylic acids is 1. The first kappa shape index (κ1) is 9.21. The molecule has 0 fully saturated rings. The molecule has 0 radical (unpaired) electrons. The minimum Gasteiger partial charge on any atom is -0.481 e. The largest absolute Gasteiger partial charge is 0.481 e. The summed E-state index contributed by atoms with van der Waals surface area (Å²) in [5, 5.41) is 18.8. The van der Waals surface area contributed by atoms with Crippen LogP contribution in [0.5, 0.6) is 0 Å². The number of fused-ring (bicyclic) bond motifs is 1. The predicted octanol–water partition coefficient (Wildman–Crippen LogP) is 1.30. The lowest BCUT2D eigenvalue weighted by Crippen LogP contribution is -2.25. The summed E-state index contributed by atoms with van der Waals surface area (Å²) in [7, 11) is 0. The van der Waals surface area contributed by atoms with Crippen LogP contribution in [0.15, 0.2) is 24.3 Å². The second kappa shape index (κ2) is 3.10. The molecule has 0 heterocycles.